The largest absolute Gasteiger partial charge is 0.357 e. The number of benzene rings is 1. The van der Waals surface area contributed by atoms with Gasteiger partial charge in [-0.1, -0.05) is 24.3 Å². The first-order chi connectivity index (χ1) is 10.1. The molecule has 0 unspecified atom stereocenters. The maximum absolute atomic E-state index is 4.39. The Bertz CT molecular complexity index is 596. The zero-order valence-electron chi connectivity index (χ0n) is 13.0. The molecule has 6 nitrogen and oxygen atoms in total. The van der Waals surface area contributed by atoms with Crippen molar-refractivity contribution in [2.75, 3.05) is 43.2 Å². The first-order valence-corrected chi connectivity index (χ1v) is 6.99. The third-order valence-electron chi connectivity index (χ3n) is 3.19. The van der Waals surface area contributed by atoms with E-state index in [2.05, 4.69) is 56.8 Å². The van der Waals surface area contributed by atoms with Crippen molar-refractivity contribution >= 4 is 17.8 Å². The van der Waals surface area contributed by atoms with Crippen molar-refractivity contribution in [1.29, 1.82) is 0 Å². The Balaban J connectivity index is 2.03. The summed E-state index contributed by atoms with van der Waals surface area (Å²) in [6, 6.07) is 8.39. The Labute approximate surface area is 125 Å². The molecule has 2 N–H and O–H groups in total. The molecule has 1 heterocycles. The van der Waals surface area contributed by atoms with Crippen LogP contribution in [0.15, 0.2) is 24.3 Å². The van der Waals surface area contributed by atoms with Gasteiger partial charge in [0.15, 0.2) is 0 Å². The lowest BCUT2D eigenvalue weighted by atomic mass is 10.1. The van der Waals surface area contributed by atoms with Crippen LogP contribution in [-0.2, 0) is 6.42 Å². The monoisotopic (exact) mass is 286 g/mol. The molecule has 0 bridgehead atoms. The van der Waals surface area contributed by atoms with Crippen molar-refractivity contribution in [3.63, 3.8) is 0 Å². The summed E-state index contributed by atoms with van der Waals surface area (Å²) >= 11 is 0. The van der Waals surface area contributed by atoms with Gasteiger partial charge in [-0.3, -0.25) is 0 Å². The minimum atomic E-state index is 0.562. The fourth-order valence-electron chi connectivity index (χ4n) is 1.96. The highest BCUT2D eigenvalue weighted by Gasteiger charge is 2.07. The van der Waals surface area contributed by atoms with Crippen LogP contribution in [0.2, 0.25) is 0 Å². The maximum atomic E-state index is 4.39. The normalized spacial score (nSPS) is 10.3. The molecular formula is C15H22N6. The van der Waals surface area contributed by atoms with E-state index in [1.54, 1.807) is 7.05 Å². The van der Waals surface area contributed by atoms with Crippen LogP contribution in [-0.4, -0.2) is 42.6 Å². The van der Waals surface area contributed by atoms with Crippen LogP contribution in [0.1, 0.15) is 11.1 Å². The summed E-state index contributed by atoms with van der Waals surface area (Å²) in [7, 11) is 5.61. The summed E-state index contributed by atoms with van der Waals surface area (Å²) in [6.07, 6.45) is 0.935. The average Bonchev–Trinajstić information content (AvgIpc) is 2.49. The summed E-state index contributed by atoms with van der Waals surface area (Å²) in [5, 5.41) is 6.21. The Morgan fingerprint density at radius 2 is 1.76 bits per heavy atom. The van der Waals surface area contributed by atoms with Crippen molar-refractivity contribution in [2.45, 2.75) is 13.3 Å². The Morgan fingerprint density at radius 3 is 2.43 bits per heavy atom. The van der Waals surface area contributed by atoms with Crippen molar-refractivity contribution < 1.29 is 0 Å². The zero-order valence-corrected chi connectivity index (χ0v) is 13.0. The fraction of sp³-hybridized carbons (Fsp3) is 0.400. The van der Waals surface area contributed by atoms with E-state index in [1.165, 1.54) is 11.1 Å². The molecule has 0 saturated carbocycles. The molecule has 6 heteroatoms. The van der Waals surface area contributed by atoms with E-state index in [0.717, 1.165) is 13.0 Å². The van der Waals surface area contributed by atoms with Gasteiger partial charge in [-0.25, -0.2) is 0 Å². The molecular weight excluding hydrogens is 264 g/mol. The number of anilines is 3. The van der Waals surface area contributed by atoms with Crippen LogP contribution < -0.4 is 15.5 Å². The van der Waals surface area contributed by atoms with Gasteiger partial charge in [0.05, 0.1) is 0 Å². The Kier molecular flexibility index (Phi) is 4.92. The number of rotatable bonds is 6. The summed E-state index contributed by atoms with van der Waals surface area (Å²) in [5.74, 6) is 1.78. The molecule has 1 aromatic carbocycles. The molecule has 0 fully saturated rings. The van der Waals surface area contributed by atoms with Crippen LogP contribution in [0.25, 0.3) is 0 Å². The molecule has 2 aromatic rings. The van der Waals surface area contributed by atoms with Gasteiger partial charge in [-0.15, -0.1) is 0 Å². The summed E-state index contributed by atoms with van der Waals surface area (Å²) < 4.78 is 0. The Hall–Kier alpha value is -2.37. The standard InChI is InChI=1S/C15H22N6/c1-11-7-5-6-8-12(11)9-10-17-14-18-13(16-2)19-15(20-14)21(3)4/h5-8H,9-10H2,1-4H3,(H2,16,17,18,19,20). The number of nitrogens with zero attached hydrogens (tertiary/aromatic N) is 4. The van der Waals surface area contributed by atoms with Gasteiger partial charge >= 0.3 is 0 Å². The SMILES string of the molecule is CNc1nc(NCCc2ccccc2C)nc(N(C)C)n1. The lowest BCUT2D eigenvalue weighted by Crippen LogP contribution is -2.17. The van der Waals surface area contributed by atoms with E-state index in [1.807, 2.05) is 19.0 Å². The van der Waals surface area contributed by atoms with E-state index in [4.69, 9.17) is 0 Å². The van der Waals surface area contributed by atoms with E-state index in [-0.39, 0.29) is 0 Å². The van der Waals surface area contributed by atoms with Crippen molar-refractivity contribution in [3.8, 4) is 0 Å². The first kappa shape index (κ1) is 15.0. The molecule has 2 rings (SSSR count). The number of nitrogens with one attached hydrogen (secondary N) is 2. The van der Waals surface area contributed by atoms with Crippen molar-refractivity contribution in [2.24, 2.45) is 0 Å². The summed E-state index contributed by atoms with van der Waals surface area (Å²) in [5.41, 5.74) is 2.64. The molecule has 0 amide bonds. The highest BCUT2D eigenvalue weighted by atomic mass is 15.3. The van der Waals surface area contributed by atoms with E-state index >= 15 is 0 Å². The van der Waals surface area contributed by atoms with Gasteiger partial charge < -0.3 is 15.5 Å². The van der Waals surface area contributed by atoms with Crippen molar-refractivity contribution in [1.82, 2.24) is 15.0 Å². The van der Waals surface area contributed by atoms with Crippen LogP contribution in [0.5, 0.6) is 0 Å². The van der Waals surface area contributed by atoms with Gasteiger partial charge in [0.1, 0.15) is 0 Å². The van der Waals surface area contributed by atoms with E-state index in [0.29, 0.717) is 17.8 Å². The van der Waals surface area contributed by atoms with Crippen LogP contribution in [0, 0.1) is 6.92 Å². The van der Waals surface area contributed by atoms with E-state index in [9.17, 15) is 0 Å². The van der Waals surface area contributed by atoms with Crippen LogP contribution in [0.4, 0.5) is 17.8 Å². The second-order valence-electron chi connectivity index (χ2n) is 5.03. The minimum absolute atomic E-state index is 0.562. The molecule has 0 spiro atoms. The Morgan fingerprint density at radius 1 is 1.05 bits per heavy atom. The van der Waals surface area contributed by atoms with E-state index < -0.39 is 0 Å². The van der Waals surface area contributed by atoms with Crippen molar-refractivity contribution in [3.05, 3.63) is 35.4 Å². The first-order valence-electron chi connectivity index (χ1n) is 6.99. The summed E-state index contributed by atoms with van der Waals surface area (Å²) in [6.45, 7) is 2.91. The molecule has 0 radical (unpaired) electrons. The maximum Gasteiger partial charge on any atom is 0.231 e. The second-order valence-corrected chi connectivity index (χ2v) is 5.03. The lowest BCUT2D eigenvalue weighted by Gasteiger charge is -2.13. The van der Waals surface area contributed by atoms with Gasteiger partial charge in [-0.05, 0) is 24.5 Å². The fourth-order valence-corrected chi connectivity index (χ4v) is 1.96. The third kappa shape index (κ3) is 4.05. The zero-order chi connectivity index (χ0) is 15.2. The molecule has 112 valence electrons. The number of hydrogen-bond acceptors (Lipinski definition) is 6. The predicted molar refractivity (Wildman–Crippen MR) is 87.1 cm³/mol. The smallest absolute Gasteiger partial charge is 0.231 e. The predicted octanol–water partition coefficient (Wildman–Crippen LogP) is 1.94. The van der Waals surface area contributed by atoms with Gasteiger partial charge in [-0.2, -0.15) is 15.0 Å². The molecule has 21 heavy (non-hydrogen) atoms. The lowest BCUT2D eigenvalue weighted by molar-refractivity contribution is 0.928. The second kappa shape index (κ2) is 6.88. The number of aromatic nitrogens is 3. The molecule has 0 aliphatic heterocycles. The molecule has 0 aliphatic carbocycles. The highest BCUT2D eigenvalue weighted by Crippen LogP contribution is 2.12. The number of hydrogen-bond donors (Lipinski definition) is 2. The van der Waals surface area contributed by atoms with Gasteiger partial charge in [0.25, 0.3) is 0 Å². The summed E-state index contributed by atoms with van der Waals surface area (Å²) in [4.78, 5) is 14.8. The average molecular weight is 286 g/mol. The quantitative estimate of drug-likeness (QED) is 0.846. The molecule has 0 atom stereocenters. The molecule has 0 saturated heterocycles. The number of aryl methyl sites for hydroxylation is 1. The highest BCUT2D eigenvalue weighted by molar-refractivity contribution is 5.42. The van der Waals surface area contributed by atoms with Gasteiger partial charge in [0.2, 0.25) is 17.8 Å². The van der Waals surface area contributed by atoms with Crippen LogP contribution in [0.3, 0.4) is 0 Å². The minimum Gasteiger partial charge on any atom is -0.357 e. The van der Waals surface area contributed by atoms with Crippen LogP contribution >= 0.6 is 0 Å². The molecule has 1 aromatic heterocycles. The van der Waals surface area contributed by atoms with Gasteiger partial charge in [0, 0.05) is 27.7 Å². The topological polar surface area (TPSA) is 66.0 Å². The molecule has 0 aliphatic rings. The third-order valence-corrected chi connectivity index (χ3v) is 3.19.